The molecular weight excluding hydrogens is 314 g/mol. The van der Waals surface area contributed by atoms with Crippen LogP contribution in [0.5, 0.6) is 5.75 Å². The fourth-order valence-electron chi connectivity index (χ4n) is 1.85. The Morgan fingerprint density at radius 2 is 2.04 bits per heavy atom. The first-order valence-electron chi connectivity index (χ1n) is 7.29. The van der Waals surface area contributed by atoms with Crippen molar-refractivity contribution in [3.63, 3.8) is 0 Å². The fourth-order valence-corrected chi connectivity index (χ4v) is 2.63. The van der Waals surface area contributed by atoms with E-state index < -0.39 is 5.97 Å². The zero-order chi connectivity index (χ0) is 16.8. The summed E-state index contributed by atoms with van der Waals surface area (Å²) in [6.07, 6.45) is 0. The number of thiophene rings is 1. The van der Waals surface area contributed by atoms with E-state index in [1.165, 1.54) is 6.07 Å². The molecule has 2 aromatic rings. The van der Waals surface area contributed by atoms with Gasteiger partial charge in [-0.1, -0.05) is 19.9 Å². The predicted molar refractivity (Wildman–Crippen MR) is 89.2 cm³/mol. The molecule has 1 amide bonds. The number of carbonyl (C=O) groups is 2. The van der Waals surface area contributed by atoms with E-state index in [1.807, 2.05) is 6.07 Å². The van der Waals surface area contributed by atoms with Crippen molar-refractivity contribution in [2.75, 3.05) is 6.61 Å². The van der Waals surface area contributed by atoms with Crippen molar-refractivity contribution in [1.82, 2.24) is 5.32 Å². The van der Waals surface area contributed by atoms with Crippen molar-refractivity contribution in [1.29, 1.82) is 0 Å². The minimum Gasteiger partial charge on any atom is -0.493 e. The molecule has 0 atom stereocenters. The Morgan fingerprint density at radius 3 is 2.70 bits per heavy atom. The van der Waals surface area contributed by atoms with E-state index in [-0.39, 0.29) is 10.8 Å². The van der Waals surface area contributed by atoms with Crippen LogP contribution in [0.4, 0.5) is 0 Å². The molecule has 0 spiro atoms. The number of carboxylic acids is 1. The van der Waals surface area contributed by atoms with Crippen LogP contribution in [0, 0.1) is 5.92 Å². The largest absolute Gasteiger partial charge is 0.493 e. The molecule has 0 unspecified atom stereocenters. The minimum atomic E-state index is -0.956. The number of benzene rings is 1. The molecule has 5 nitrogen and oxygen atoms in total. The van der Waals surface area contributed by atoms with Crippen molar-refractivity contribution in [3.8, 4) is 5.75 Å². The Kier molecular flexibility index (Phi) is 5.76. The third-order valence-electron chi connectivity index (χ3n) is 2.98. The summed E-state index contributed by atoms with van der Waals surface area (Å²) in [5.74, 6) is -0.0989. The summed E-state index contributed by atoms with van der Waals surface area (Å²) in [5, 5.41) is 11.7. The van der Waals surface area contributed by atoms with Gasteiger partial charge in [-0.3, -0.25) is 4.79 Å². The maximum absolute atomic E-state index is 12.2. The van der Waals surface area contributed by atoms with Gasteiger partial charge in [-0.2, -0.15) is 0 Å². The quantitative estimate of drug-likeness (QED) is 0.814. The molecule has 1 heterocycles. The van der Waals surface area contributed by atoms with Crippen LogP contribution >= 0.6 is 11.3 Å². The van der Waals surface area contributed by atoms with Gasteiger partial charge < -0.3 is 15.2 Å². The summed E-state index contributed by atoms with van der Waals surface area (Å²) in [6, 6.07) is 10.3. The molecule has 2 rings (SSSR count). The molecule has 0 saturated heterocycles. The van der Waals surface area contributed by atoms with Gasteiger partial charge in [-0.05, 0) is 36.2 Å². The van der Waals surface area contributed by atoms with Gasteiger partial charge in [0.25, 0.3) is 5.91 Å². The van der Waals surface area contributed by atoms with Gasteiger partial charge in [0.2, 0.25) is 0 Å². The normalized spacial score (nSPS) is 10.6. The van der Waals surface area contributed by atoms with Crippen LogP contribution < -0.4 is 10.1 Å². The first kappa shape index (κ1) is 17.0. The molecule has 1 aromatic carbocycles. The lowest BCUT2D eigenvalue weighted by Gasteiger charge is -2.10. The Morgan fingerprint density at radius 1 is 1.26 bits per heavy atom. The van der Waals surface area contributed by atoms with E-state index >= 15 is 0 Å². The Hall–Kier alpha value is -2.34. The number of aromatic carboxylic acids is 1. The van der Waals surface area contributed by atoms with E-state index in [0.717, 1.165) is 16.2 Å². The highest BCUT2D eigenvalue weighted by atomic mass is 32.1. The third kappa shape index (κ3) is 5.10. The Balaban J connectivity index is 1.94. The summed E-state index contributed by atoms with van der Waals surface area (Å²) in [5.41, 5.74) is 0.515. The summed E-state index contributed by atoms with van der Waals surface area (Å²) in [6.45, 7) is 5.01. The third-order valence-corrected chi connectivity index (χ3v) is 4.05. The highest BCUT2D eigenvalue weighted by Crippen LogP contribution is 2.17. The van der Waals surface area contributed by atoms with Gasteiger partial charge in [0, 0.05) is 10.4 Å². The Labute approximate surface area is 138 Å². The average Bonchev–Trinajstić information content (AvgIpc) is 3.00. The molecule has 0 bridgehead atoms. The smallest absolute Gasteiger partial charge is 0.345 e. The van der Waals surface area contributed by atoms with Crippen LogP contribution in [-0.2, 0) is 6.54 Å². The number of nitrogens with one attached hydrogen (secondary N) is 1. The van der Waals surface area contributed by atoms with Crippen LogP contribution in [-0.4, -0.2) is 23.6 Å². The van der Waals surface area contributed by atoms with E-state index in [4.69, 9.17) is 9.84 Å². The van der Waals surface area contributed by atoms with Crippen LogP contribution in [0.15, 0.2) is 36.4 Å². The SMILES string of the molecule is CC(C)COc1cccc(C(=O)NCc2ccc(C(=O)O)s2)c1. The number of amides is 1. The summed E-state index contributed by atoms with van der Waals surface area (Å²) in [4.78, 5) is 24.1. The van der Waals surface area contributed by atoms with Crippen molar-refractivity contribution in [2.45, 2.75) is 20.4 Å². The lowest BCUT2D eigenvalue weighted by atomic mass is 10.2. The maximum atomic E-state index is 12.2. The van der Waals surface area contributed by atoms with Gasteiger partial charge in [0.05, 0.1) is 13.2 Å². The molecule has 0 aliphatic carbocycles. The molecule has 0 aliphatic heterocycles. The molecular formula is C17H19NO4S. The maximum Gasteiger partial charge on any atom is 0.345 e. The number of rotatable bonds is 7. The highest BCUT2D eigenvalue weighted by Gasteiger charge is 2.10. The second kappa shape index (κ2) is 7.78. The van der Waals surface area contributed by atoms with Crippen LogP contribution in [0.25, 0.3) is 0 Å². The van der Waals surface area contributed by atoms with Gasteiger partial charge in [0.1, 0.15) is 10.6 Å². The zero-order valence-electron chi connectivity index (χ0n) is 13.0. The lowest BCUT2D eigenvalue weighted by Crippen LogP contribution is -2.22. The highest BCUT2D eigenvalue weighted by molar-refractivity contribution is 7.13. The lowest BCUT2D eigenvalue weighted by molar-refractivity contribution is 0.0702. The standard InChI is InChI=1S/C17H19NO4S/c1-11(2)10-22-13-5-3-4-12(8-13)16(19)18-9-14-6-7-15(23-14)17(20)21/h3-8,11H,9-10H2,1-2H3,(H,18,19)(H,20,21). The van der Waals surface area contributed by atoms with Crippen LogP contribution in [0.1, 0.15) is 38.8 Å². The number of ether oxygens (including phenoxy) is 1. The van der Waals surface area contributed by atoms with Crippen molar-refractivity contribution >= 4 is 23.2 Å². The van der Waals surface area contributed by atoms with E-state index in [0.29, 0.717) is 30.4 Å². The van der Waals surface area contributed by atoms with Gasteiger partial charge >= 0.3 is 5.97 Å². The minimum absolute atomic E-state index is 0.217. The average molecular weight is 333 g/mol. The fraction of sp³-hybridized carbons (Fsp3) is 0.294. The number of hydrogen-bond acceptors (Lipinski definition) is 4. The van der Waals surface area contributed by atoms with Crippen molar-refractivity contribution in [2.24, 2.45) is 5.92 Å². The molecule has 0 aliphatic rings. The first-order valence-corrected chi connectivity index (χ1v) is 8.10. The van der Waals surface area contributed by atoms with Gasteiger partial charge in [-0.25, -0.2) is 4.79 Å². The Bertz CT molecular complexity index is 693. The second-order valence-electron chi connectivity index (χ2n) is 5.49. The predicted octanol–water partition coefficient (Wildman–Crippen LogP) is 3.41. The monoisotopic (exact) mass is 333 g/mol. The number of carboxylic acid groups (broad SMARTS) is 1. The molecule has 0 saturated carbocycles. The summed E-state index contributed by atoms with van der Waals surface area (Å²) >= 11 is 1.15. The molecule has 2 N–H and O–H groups in total. The molecule has 23 heavy (non-hydrogen) atoms. The first-order chi connectivity index (χ1) is 11.0. The zero-order valence-corrected chi connectivity index (χ0v) is 13.9. The van der Waals surface area contributed by atoms with Gasteiger partial charge in [-0.15, -0.1) is 11.3 Å². The van der Waals surface area contributed by atoms with E-state index in [9.17, 15) is 9.59 Å². The molecule has 6 heteroatoms. The number of hydrogen-bond donors (Lipinski definition) is 2. The molecule has 0 fully saturated rings. The van der Waals surface area contributed by atoms with Crippen molar-refractivity contribution < 1.29 is 19.4 Å². The second-order valence-corrected chi connectivity index (χ2v) is 6.65. The van der Waals surface area contributed by atoms with Gasteiger partial charge in [0.15, 0.2) is 0 Å². The van der Waals surface area contributed by atoms with E-state index in [1.54, 1.807) is 24.3 Å². The summed E-state index contributed by atoms with van der Waals surface area (Å²) in [7, 11) is 0. The van der Waals surface area contributed by atoms with Crippen LogP contribution in [0.3, 0.4) is 0 Å². The molecule has 122 valence electrons. The summed E-state index contributed by atoms with van der Waals surface area (Å²) < 4.78 is 5.61. The molecule has 0 radical (unpaired) electrons. The molecule has 1 aromatic heterocycles. The topological polar surface area (TPSA) is 75.6 Å². The van der Waals surface area contributed by atoms with Crippen molar-refractivity contribution in [3.05, 3.63) is 51.7 Å². The van der Waals surface area contributed by atoms with Crippen LogP contribution in [0.2, 0.25) is 0 Å². The van der Waals surface area contributed by atoms with E-state index in [2.05, 4.69) is 19.2 Å². The number of carbonyl (C=O) groups excluding carboxylic acids is 1.